The number of nitrogens with zero attached hydrogens (tertiary/aromatic N) is 2. The van der Waals surface area contributed by atoms with Gasteiger partial charge < -0.3 is 9.47 Å². The minimum Gasteiger partial charge on any atom is -0.431 e. The van der Waals surface area contributed by atoms with Crippen molar-refractivity contribution in [1.29, 1.82) is 5.26 Å². The summed E-state index contributed by atoms with van der Waals surface area (Å²) in [7, 11) is 0. The molecule has 33 heavy (non-hydrogen) atoms. The van der Waals surface area contributed by atoms with E-state index < -0.39 is 6.16 Å². The second-order valence-corrected chi connectivity index (χ2v) is 10.3. The molecule has 0 fully saturated rings. The van der Waals surface area contributed by atoms with Crippen LogP contribution >= 0.6 is 22.7 Å². The lowest BCUT2D eigenvalue weighted by molar-refractivity contribution is -0.118. The number of ether oxygens (including phenoxy) is 2. The van der Waals surface area contributed by atoms with E-state index in [9.17, 15) is 14.9 Å². The SMILES string of the molecule is CC(CC(=O)Cc1sc2c(c1C#N)CCC(OC(=O)OCc1cncs1)C2)c1ccccc1. The summed E-state index contributed by atoms with van der Waals surface area (Å²) in [6, 6.07) is 12.3. The molecule has 0 saturated heterocycles. The normalized spacial score (nSPS) is 15.8. The molecule has 4 rings (SSSR count). The fourth-order valence-corrected chi connectivity index (χ4v) is 5.98. The molecule has 0 amide bonds. The van der Waals surface area contributed by atoms with Gasteiger partial charge in [-0.3, -0.25) is 9.78 Å². The Morgan fingerprint density at radius 1 is 1.30 bits per heavy atom. The molecule has 0 radical (unpaired) electrons. The van der Waals surface area contributed by atoms with E-state index in [2.05, 4.69) is 11.1 Å². The maximum Gasteiger partial charge on any atom is 0.508 e. The first-order chi connectivity index (χ1) is 16.0. The summed E-state index contributed by atoms with van der Waals surface area (Å²) < 4.78 is 10.7. The van der Waals surface area contributed by atoms with Crippen LogP contribution < -0.4 is 0 Å². The average molecular weight is 481 g/mol. The topological polar surface area (TPSA) is 89.3 Å². The van der Waals surface area contributed by atoms with Gasteiger partial charge in [0.15, 0.2) is 0 Å². The van der Waals surface area contributed by atoms with E-state index in [0.717, 1.165) is 25.8 Å². The van der Waals surface area contributed by atoms with E-state index in [4.69, 9.17) is 9.47 Å². The Labute approximate surface area is 200 Å². The fraction of sp³-hybridized carbons (Fsp3) is 0.360. The number of Topliss-reactive ketones (excluding diaryl/α,β-unsaturated/α-hetero) is 1. The molecule has 6 nitrogen and oxygen atoms in total. The summed E-state index contributed by atoms with van der Waals surface area (Å²) in [5.74, 6) is 0.258. The number of hydrogen-bond donors (Lipinski definition) is 0. The highest BCUT2D eigenvalue weighted by Gasteiger charge is 2.29. The molecule has 0 saturated carbocycles. The van der Waals surface area contributed by atoms with Gasteiger partial charge in [0.05, 0.1) is 16.0 Å². The number of fused-ring (bicyclic) bond motifs is 1. The van der Waals surface area contributed by atoms with Crippen molar-refractivity contribution < 1.29 is 19.1 Å². The Morgan fingerprint density at radius 2 is 2.12 bits per heavy atom. The largest absolute Gasteiger partial charge is 0.508 e. The van der Waals surface area contributed by atoms with Crippen LogP contribution in [0.4, 0.5) is 4.79 Å². The monoisotopic (exact) mass is 480 g/mol. The van der Waals surface area contributed by atoms with Crippen LogP contribution in [-0.2, 0) is 40.1 Å². The first-order valence-electron chi connectivity index (χ1n) is 10.8. The van der Waals surface area contributed by atoms with Crippen LogP contribution in [0, 0.1) is 11.3 Å². The molecule has 1 aromatic carbocycles. The Morgan fingerprint density at radius 3 is 2.85 bits per heavy atom. The predicted octanol–water partition coefficient (Wildman–Crippen LogP) is 5.59. The van der Waals surface area contributed by atoms with Gasteiger partial charge in [0.2, 0.25) is 0 Å². The van der Waals surface area contributed by atoms with Gasteiger partial charge in [-0.25, -0.2) is 4.79 Å². The van der Waals surface area contributed by atoms with Crippen molar-refractivity contribution in [3.05, 3.63) is 73.4 Å². The van der Waals surface area contributed by atoms with Crippen LogP contribution in [0.2, 0.25) is 0 Å². The van der Waals surface area contributed by atoms with Crippen LogP contribution in [-0.4, -0.2) is 23.0 Å². The molecule has 170 valence electrons. The molecule has 1 aliphatic rings. The zero-order chi connectivity index (χ0) is 23.2. The van der Waals surface area contributed by atoms with Gasteiger partial charge in [-0.1, -0.05) is 37.3 Å². The van der Waals surface area contributed by atoms with E-state index in [-0.39, 0.29) is 30.8 Å². The molecule has 0 bridgehead atoms. The highest BCUT2D eigenvalue weighted by molar-refractivity contribution is 7.12. The first kappa shape index (κ1) is 23.1. The standard InChI is InChI=1S/C25H24N2O4S2/c1-16(17-5-3-2-4-6-17)9-18(28)10-23-22(12-26)21-8-7-19(11-24(21)33-23)31-25(29)30-14-20-13-27-15-32-20/h2-6,13,15-16,19H,7-11,14H2,1H3. The number of benzene rings is 1. The van der Waals surface area contributed by atoms with Crippen molar-refractivity contribution in [1.82, 2.24) is 4.98 Å². The number of carbonyl (C=O) groups excluding carboxylic acids is 2. The van der Waals surface area contributed by atoms with Gasteiger partial charge in [-0.05, 0) is 29.9 Å². The number of rotatable bonds is 8. The first-order valence-corrected chi connectivity index (χ1v) is 12.5. The number of carbonyl (C=O) groups is 2. The summed E-state index contributed by atoms with van der Waals surface area (Å²) in [4.78, 5) is 31.5. The number of aromatic nitrogens is 1. The molecular weight excluding hydrogens is 456 g/mol. The van der Waals surface area contributed by atoms with Crippen molar-refractivity contribution in [2.24, 2.45) is 0 Å². The van der Waals surface area contributed by atoms with Crippen LogP contribution in [0.15, 0.2) is 42.0 Å². The summed E-state index contributed by atoms with van der Waals surface area (Å²) in [5.41, 5.74) is 4.45. The third-order valence-corrected chi connectivity index (χ3v) is 7.75. The molecule has 0 spiro atoms. The summed E-state index contributed by atoms with van der Waals surface area (Å²) in [6.45, 7) is 2.20. The Hall–Kier alpha value is -3.02. The van der Waals surface area contributed by atoms with Gasteiger partial charge >= 0.3 is 6.16 Å². The number of ketones is 1. The Kier molecular flexibility index (Phi) is 7.53. The van der Waals surface area contributed by atoms with Crippen molar-refractivity contribution in [3.8, 4) is 6.07 Å². The predicted molar refractivity (Wildman–Crippen MR) is 126 cm³/mol. The van der Waals surface area contributed by atoms with Crippen molar-refractivity contribution in [2.45, 2.75) is 57.7 Å². The third-order valence-electron chi connectivity index (χ3n) is 5.74. The quantitative estimate of drug-likeness (QED) is 0.390. The van der Waals surface area contributed by atoms with Crippen LogP contribution in [0.5, 0.6) is 0 Å². The lowest BCUT2D eigenvalue weighted by Gasteiger charge is -2.22. The highest BCUT2D eigenvalue weighted by Crippen LogP contribution is 2.36. The summed E-state index contributed by atoms with van der Waals surface area (Å²) in [5, 5.41) is 9.74. The van der Waals surface area contributed by atoms with E-state index in [1.807, 2.05) is 37.3 Å². The van der Waals surface area contributed by atoms with Crippen molar-refractivity contribution >= 4 is 34.6 Å². The smallest absolute Gasteiger partial charge is 0.431 e. The second kappa shape index (κ2) is 10.7. The van der Waals surface area contributed by atoms with Crippen LogP contribution in [0.25, 0.3) is 0 Å². The molecule has 0 aliphatic heterocycles. The molecular formula is C25H24N2O4S2. The number of thiazole rings is 1. The zero-order valence-electron chi connectivity index (χ0n) is 18.3. The van der Waals surface area contributed by atoms with E-state index in [1.165, 1.54) is 22.7 Å². The molecule has 2 unspecified atom stereocenters. The maximum absolute atomic E-state index is 12.8. The zero-order valence-corrected chi connectivity index (χ0v) is 19.9. The van der Waals surface area contributed by atoms with Gasteiger partial charge in [0.1, 0.15) is 24.6 Å². The average Bonchev–Trinajstić information content (AvgIpc) is 3.45. The Bertz CT molecular complexity index is 1150. The maximum atomic E-state index is 12.8. The van der Waals surface area contributed by atoms with Gasteiger partial charge in [-0.15, -0.1) is 22.7 Å². The van der Waals surface area contributed by atoms with E-state index in [1.54, 1.807) is 11.7 Å². The van der Waals surface area contributed by atoms with Gasteiger partial charge in [0, 0.05) is 35.2 Å². The molecule has 8 heteroatoms. The third kappa shape index (κ3) is 5.86. The molecule has 2 atom stereocenters. The lowest BCUT2D eigenvalue weighted by atomic mass is 9.91. The highest BCUT2D eigenvalue weighted by atomic mass is 32.1. The lowest BCUT2D eigenvalue weighted by Crippen LogP contribution is -2.25. The van der Waals surface area contributed by atoms with Crippen molar-refractivity contribution in [3.63, 3.8) is 0 Å². The number of hydrogen-bond acceptors (Lipinski definition) is 8. The van der Waals surface area contributed by atoms with Gasteiger partial charge in [0.25, 0.3) is 0 Å². The van der Waals surface area contributed by atoms with Crippen molar-refractivity contribution in [2.75, 3.05) is 0 Å². The van der Waals surface area contributed by atoms with Crippen LogP contribution in [0.1, 0.15) is 57.0 Å². The Balaban J connectivity index is 1.35. The summed E-state index contributed by atoms with van der Waals surface area (Å²) in [6.07, 6.45) is 3.19. The van der Waals surface area contributed by atoms with Crippen LogP contribution in [0.3, 0.4) is 0 Å². The fourth-order valence-electron chi connectivity index (χ4n) is 4.07. The molecule has 1 aliphatic carbocycles. The van der Waals surface area contributed by atoms with E-state index in [0.29, 0.717) is 31.2 Å². The minimum atomic E-state index is -0.695. The minimum absolute atomic E-state index is 0.126. The number of nitriles is 1. The number of thiophene rings is 1. The molecule has 3 aromatic rings. The second-order valence-electron chi connectivity index (χ2n) is 8.13. The van der Waals surface area contributed by atoms with Gasteiger partial charge in [-0.2, -0.15) is 5.26 Å². The molecule has 2 heterocycles. The van der Waals surface area contributed by atoms with E-state index >= 15 is 0 Å². The molecule has 2 aromatic heterocycles. The molecule has 0 N–H and O–H groups in total. The summed E-state index contributed by atoms with van der Waals surface area (Å²) >= 11 is 2.91.